The van der Waals surface area contributed by atoms with Gasteiger partial charge in [0.25, 0.3) is 5.56 Å². The van der Waals surface area contributed by atoms with E-state index in [4.69, 9.17) is 10.5 Å². The largest absolute Gasteiger partial charge is 0.394 e. The van der Waals surface area contributed by atoms with E-state index in [0.29, 0.717) is 0 Å². The highest BCUT2D eigenvalue weighted by Gasteiger charge is 2.55. The quantitative estimate of drug-likeness (QED) is 0.408. The maximum Gasteiger partial charge on any atom is 0.261 e. The molecular formula is C14H15FN4O5. The molecule has 10 heteroatoms. The molecule has 1 unspecified atom stereocenters. The van der Waals surface area contributed by atoms with Crippen LogP contribution in [0.3, 0.4) is 0 Å². The number of aliphatic hydroxyl groups excluding tert-OH is 2. The molecule has 2 aromatic rings. The zero-order valence-corrected chi connectivity index (χ0v) is 12.3. The lowest BCUT2D eigenvalue weighted by Crippen LogP contribution is -2.46. The number of nitrogens with zero attached hydrogens (tertiary/aromatic N) is 2. The van der Waals surface area contributed by atoms with E-state index in [2.05, 4.69) is 21.8 Å². The van der Waals surface area contributed by atoms with Crippen molar-refractivity contribution in [3.05, 3.63) is 22.6 Å². The number of nitrogen functional groups attached to an aromatic ring is 1. The number of H-pyrrole nitrogens is 1. The molecule has 4 atom stereocenters. The Bertz CT molecular complexity index is 885. The number of aromatic nitrogens is 3. The van der Waals surface area contributed by atoms with Crippen LogP contribution in [0.1, 0.15) is 6.23 Å². The highest BCUT2D eigenvalue weighted by molar-refractivity contribution is 5.76. The van der Waals surface area contributed by atoms with Crippen LogP contribution in [0.4, 0.5) is 10.3 Å². The number of aromatic amines is 1. The smallest absolute Gasteiger partial charge is 0.261 e. The van der Waals surface area contributed by atoms with Gasteiger partial charge >= 0.3 is 0 Å². The lowest BCUT2D eigenvalue weighted by molar-refractivity contribution is -0.0719. The SMILES string of the molecule is Nc1nc2c(ccn2[C@@H]2O[C@H](CO)C(O)[C@]2(O)C#CCF)c(=O)[nH]1. The van der Waals surface area contributed by atoms with Crippen LogP contribution in [0, 0.1) is 11.8 Å². The van der Waals surface area contributed by atoms with Crippen molar-refractivity contribution in [2.75, 3.05) is 19.0 Å². The Labute approximate surface area is 134 Å². The minimum Gasteiger partial charge on any atom is -0.394 e. The summed E-state index contributed by atoms with van der Waals surface area (Å²) >= 11 is 0. The third-order valence-corrected chi connectivity index (χ3v) is 3.87. The van der Waals surface area contributed by atoms with E-state index in [9.17, 15) is 24.5 Å². The van der Waals surface area contributed by atoms with Crippen molar-refractivity contribution in [3.8, 4) is 11.8 Å². The second-order valence-corrected chi connectivity index (χ2v) is 5.33. The average molecular weight is 338 g/mol. The van der Waals surface area contributed by atoms with Crippen LogP contribution in [0.2, 0.25) is 0 Å². The van der Waals surface area contributed by atoms with Crippen LogP contribution >= 0.6 is 0 Å². The minimum atomic E-state index is -2.20. The fourth-order valence-corrected chi connectivity index (χ4v) is 2.75. The maximum absolute atomic E-state index is 12.4. The first-order chi connectivity index (χ1) is 11.4. The van der Waals surface area contributed by atoms with E-state index in [1.165, 1.54) is 16.8 Å². The number of rotatable bonds is 2. The van der Waals surface area contributed by atoms with E-state index in [-0.39, 0.29) is 17.0 Å². The van der Waals surface area contributed by atoms with Crippen molar-refractivity contribution in [1.29, 1.82) is 0 Å². The van der Waals surface area contributed by atoms with Gasteiger partial charge in [-0.15, -0.1) is 0 Å². The minimum absolute atomic E-state index is 0.0903. The number of hydrogen-bond acceptors (Lipinski definition) is 7. The molecule has 3 heterocycles. The highest BCUT2D eigenvalue weighted by atomic mass is 19.1. The van der Waals surface area contributed by atoms with E-state index in [1.54, 1.807) is 0 Å². The molecule has 0 amide bonds. The zero-order valence-electron chi connectivity index (χ0n) is 12.3. The third kappa shape index (κ3) is 2.35. The van der Waals surface area contributed by atoms with Gasteiger partial charge in [0.05, 0.1) is 12.0 Å². The average Bonchev–Trinajstić information content (AvgIpc) is 3.06. The van der Waals surface area contributed by atoms with Crippen LogP contribution in [0.15, 0.2) is 17.1 Å². The van der Waals surface area contributed by atoms with Crippen LogP contribution in [-0.2, 0) is 4.74 Å². The fraction of sp³-hybridized carbons (Fsp3) is 0.429. The molecule has 1 aliphatic heterocycles. The van der Waals surface area contributed by atoms with Gasteiger partial charge in [-0.2, -0.15) is 4.98 Å². The predicted octanol–water partition coefficient (Wildman–Crippen LogP) is -1.74. The Morgan fingerprint density at radius 1 is 1.58 bits per heavy atom. The molecule has 0 radical (unpaired) electrons. The molecule has 24 heavy (non-hydrogen) atoms. The molecule has 1 aliphatic rings. The molecule has 0 aromatic carbocycles. The molecule has 0 aliphatic carbocycles. The van der Waals surface area contributed by atoms with Crippen molar-refractivity contribution in [3.63, 3.8) is 0 Å². The fourth-order valence-electron chi connectivity index (χ4n) is 2.75. The Kier molecular flexibility index (Phi) is 4.02. The number of hydrogen-bond donors (Lipinski definition) is 5. The van der Waals surface area contributed by atoms with Gasteiger partial charge in [-0.1, -0.05) is 11.8 Å². The molecule has 0 saturated carbocycles. The number of anilines is 1. The van der Waals surface area contributed by atoms with Gasteiger partial charge in [-0.05, 0) is 6.07 Å². The van der Waals surface area contributed by atoms with Gasteiger partial charge in [0, 0.05) is 6.20 Å². The second-order valence-electron chi connectivity index (χ2n) is 5.33. The molecule has 3 rings (SSSR count). The summed E-state index contributed by atoms with van der Waals surface area (Å²) in [5.74, 6) is 4.14. The summed E-state index contributed by atoms with van der Waals surface area (Å²) in [6, 6.07) is 1.42. The van der Waals surface area contributed by atoms with Crippen molar-refractivity contribution in [1.82, 2.24) is 14.5 Å². The summed E-state index contributed by atoms with van der Waals surface area (Å²) in [6.07, 6.45) is -2.67. The molecule has 1 saturated heterocycles. The molecule has 9 nitrogen and oxygen atoms in total. The summed E-state index contributed by atoms with van der Waals surface area (Å²) < 4.78 is 19.1. The van der Waals surface area contributed by atoms with Crippen LogP contribution < -0.4 is 11.3 Å². The molecule has 128 valence electrons. The highest BCUT2D eigenvalue weighted by Crippen LogP contribution is 2.39. The number of halogens is 1. The first-order valence-corrected chi connectivity index (χ1v) is 7.01. The first kappa shape index (κ1) is 16.4. The van der Waals surface area contributed by atoms with Gasteiger partial charge < -0.3 is 30.4 Å². The summed E-state index contributed by atoms with van der Waals surface area (Å²) in [6.45, 7) is -1.63. The Hall–Kier alpha value is -2.45. The molecule has 2 aromatic heterocycles. The maximum atomic E-state index is 12.4. The van der Waals surface area contributed by atoms with Gasteiger partial charge in [0.15, 0.2) is 17.5 Å². The van der Waals surface area contributed by atoms with Crippen LogP contribution in [0.5, 0.6) is 0 Å². The van der Waals surface area contributed by atoms with Crippen molar-refractivity contribution in [2.24, 2.45) is 0 Å². The van der Waals surface area contributed by atoms with Crippen LogP contribution in [-0.4, -0.2) is 60.9 Å². The standard InChI is InChI=1S/C14H15FN4O5/c15-4-1-3-14(23)9(21)8(6-20)24-12(14)19-5-2-7-10(19)17-13(16)18-11(7)22/h2,5,8-9,12,20-21,23H,4,6H2,(H3,16,17,18,22)/t8-,9?,12-,14-/m1/s1. The lowest BCUT2D eigenvalue weighted by Gasteiger charge is -2.26. The van der Waals surface area contributed by atoms with Gasteiger partial charge in [-0.3, -0.25) is 9.78 Å². The molecule has 1 fully saturated rings. The topological polar surface area (TPSA) is 147 Å². The number of ether oxygens (including phenoxy) is 1. The van der Waals surface area contributed by atoms with E-state index >= 15 is 0 Å². The van der Waals surface area contributed by atoms with Gasteiger partial charge in [-0.25, -0.2) is 4.39 Å². The Morgan fingerprint density at radius 3 is 3.00 bits per heavy atom. The number of aliphatic hydroxyl groups is 3. The lowest BCUT2D eigenvalue weighted by atomic mass is 9.94. The Morgan fingerprint density at radius 2 is 2.33 bits per heavy atom. The monoisotopic (exact) mass is 338 g/mol. The number of nitrogens with one attached hydrogen (secondary N) is 1. The van der Waals surface area contributed by atoms with Crippen molar-refractivity contribution in [2.45, 2.75) is 24.0 Å². The summed E-state index contributed by atoms with van der Waals surface area (Å²) in [5.41, 5.74) is 2.92. The van der Waals surface area contributed by atoms with Gasteiger partial charge in [0.2, 0.25) is 5.95 Å². The van der Waals surface area contributed by atoms with E-state index < -0.39 is 42.9 Å². The third-order valence-electron chi connectivity index (χ3n) is 3.87. The second kappa shape index (κ2) is 5.88. The van der Waals surface area contributed by atoms with E-state index in [0.717, 1.165) is 0 Å². The number of alkyl halides is 1. The molecule has 0 bridgehead atoms. The summed E-state index contributed by atoms with van der Waals surface area (Å²) in [7, 11) is 0. The van der Waals surface area contributed by atoms with E-state index in [1.807, 2.05) is 0 Å². The van der Waals surface area contributed by atoms with Crippen molar-refractivity contribution >= 4 is 17.0 Å². The first-order valence-electron chi connectivity index (χ1n) is 7.01. The molecule has 6 N–H and O–H groups in total. The van der Waals surface area contributed by atoms with Crippen LogP contribution in [0.25, 0.3) is 11.0 Å². The Balaban J connectivity index is 2.18. The zero-order chi connectivity index (χ0) is 17.5. The predicted molar refractivity (Wildman–Crippen MR) is 80.5 cm³/mol. The molecular weight excluding hydrogens is 323 g/mol. The van der Waals surface area contributed by atoms with Crippen molar-refractivity contribution < 1.29 is 24.4 Å². The van der Waals surface area contributed by atoms with Gasteiger partial charge in [0.1, 0.15) is 18.9 Å². The summed E-state index contributed by atoms with van der Waals surface area (Å²) in [4.78, 5) is 18.2. The number of nitrogens with two attached hydrogens (primary N) is 1. The number of fused-ring (bicyclic) bond motifs is 1. The summed E-state index contributed by atoms with van der Waals surface area (Å²) in [5, 5.41) is 30.4. The molecule has 0 spiro atoms. The normalized spacial score (nSPS) is 29.6.